The lowest BCUT2D eigenvalue weighted by molar-refractivity contribution is -0.125. The molecule has 2 aliphatic heterocycles. The minimum Gasteiger partial charge on any atom is -0.339 e. The van der Waals surface area contributed by atoms with Crippen molar-refractivity contribution < 1.29 is 4.79 Å². The average Bonchev–Trinajstić information content (AvgIpc) is 2.71. The maximum absolute atomic E-state index is 11.7. The summed E-state index contributed by atoms with van der Waals surface area (Å²) in [5.74, 6) is 0.436. The molecule has 0 radical (unpaired) electrons. The lowest BCUT2D eigenvalue weighted by atomic mass is 9.78. The van der Waals surface area contributed by atoms with Gasteiger partial charge in [-0.15, -0.1) is 0 Å². The van der Waals surface area contributed by atoms with Gasteiger partial charge in [-0.3, -0.25) is 4.79 Å². The summed E-state index contributed by atoms with van der Waals surface area (Å²) >= 11 is 0. The number of piperidine rings is 1. The van der Waals surface area contributed by atoms with Crippen molar-refractivity contribution in [1.29, 1.82) is 0 Å². The lowest BCUT2D eigenvalue weighted by Crippen LogP contribution is -2.53. The van der Waals surface area contributed by atoms with Crippen LogP contribution in [0, 0.1) is 5.92 Å². The van der Waals surface area contributed by atoms with E-state index in [-0.39, 0.29) is 30.1 Å². The molecular weight excluding hydrogens is 216 g/mol. The van der Waals surface area contributed by atoms with Crippen molar-refractivity contribution in [3.05, 3.63) is 35.9 Å². The van der Waals surface area contributed by atoms with Crippen molar-refractivity contribution in [3.63, 3.8) is 0 Å². The molecule has 2 saturated heterocycles. The van der Waals surface area contributed by atoms with Crippen LogP contribution in [-0.4, -0.2) is 18.2 Å². The highest BCUT2D eigenvalue weighted by atomic mass is 16.2. The van der Waals surface area contributed by atoms with Gasteiger partial charge in [-0.2, -0.15) is 0 Å². The van der Waals surface area contributed by atoms with Gasteiger partial charge in [-0.05, 0) is 5.56 Å². The van der Waals surface area contributed by atoms with Crippen LogP contribution in [0.4, 0.5) is 0 Å². The molecule has 5 nitrogen and oxygen atoms in total. The maximum atomic E-state index is 11.7. The molecule has 2 fully saturated rings. The van der Waals surface area contributed by atoms with E-state index < -0.39 is 0 Å². The Balaban J connectivity index is 1.93. The molecule has 17 heavy (non-hydrogen) atoms. The van der Waals surface area contributed by atoms with E-state index in [1.54, 1.807) is 0 Å². The summed E-state index contributed by atoms with van der Waals surface area (Å²) < 4.78 is 0. The molecule has 1 amide bonds. The Morgan fingerprint density at radius 2 is 1.94 bits per heavy atom. The Morgan fingerprint density at radius 1 is 1.18 bits per heavy atom. The molecule has 1 aromatic carbocycles. The molecule has 5 N–H and O–H groups in total. The van der Waals surface area contributed by atoms with Crippen LogP contribution in [0.15, 0.2) is 30.3 Å². The van der Waals surface area contributed by atoms with Crippen LogP contribution < -0.4 is 21.9 Å². The maximum Gasteiger partial charge on any atom is 0.221 e. The van der Waals surface area contributed by atoms with E-state index in [0.717, 1.165) is 0 Å². The number of benzene rings is 1. The van der Waals surface area contributed by atoms with Crippen LogP contribution in [0.1, 0.15) is 17.9 Å². The second-order valence-electron chi connectivity index (χ2n) is 4.66. The summed E-state index contributed by atoms with van der Waals surface area (Å²) in [4.78, 5) is 11.7. The molecule has 0 aliphatic carbocycles. The van der Waals surface area contributed by atoms with Crippen LogP contribution in [0.2, 0.25) is 0 Å². The van der Waals surface area contributed by atoms with Gasteiger partial charge in [0.15, 0.2) is 0 Å². The lowest BCUT2D eigenvalue weighted by Gasteiger charge is -2.34. The Morgan fingerprint density at radius 3 is 2.71 bits per heavy atom. The predicted molar refractivity (Wildman–Crippen MR) is 63.5 cm³/mol. The van der Waals surface area contributed by atoms with Gasteiger partial charge in [0.05, 0.1) is 12.3 Å². The topological polar surface area (TPSA) is 79.2 Å². The van der Waals surface area contributed by atoms with Gasteiger partial charge >= 0.3 is 0 Å². The average molecular weight is 232 g/mol. The molecule has 2 heterocycles. The van der Waals surface area contributed by atoms with Gasteiger partial charge in [0.25, 0.3) is 0 Å². The normalized spacial score (nSPS) is 36.4. The van der Waals surface area contributed by atoms with Gasteiger partial charge in [-0.1, -0.05) is 30.3 Å². The molecule has 3 rings (SSSR count). The number of hydrogen-bond donors (Lipinski definition) is 4. The Hall–Kier alpha value is -1.43. The van der Waals surface area contributed by atoms with Crippen molar-refractivity contribution in [2.75, 3.05) is 0 Å². The van der Waals surface area contributed by atoms with Gasteiger partial charge in [-0.25, -0.2) is 10.9 Å². The molecule has 0 saturated carbocycles. The van der Waals surface area contributed by atoms with Crippen molar-refractivity contribution in [2.45, 2.75) is 24.7 Å². The minimum atomic E-state index is -0.134. The molecule has 0 aromatic heterocycles. The van der Waals surface area contributed by atoms with E-state index in [1.807, 2.05) is 18.2 Å². The van der Waals surface area contributed by atoms with Crippen LogP contribution >= 0.6 is 0 Å². The zero-order valence-corrected chi connectivity index (χ0v) is 9.39. The van der Waals surface area contributed by atoms with E-state index in [1.165, 1.54) is 5.56 Å². The summed E-state index contributed by atoms with van der Waals surface area (Å²) in [6, 6.07) is 10.1. The van der Waals surface area contributed by atoms with Crippen molar-refractivity contribution in [2.24, 2.45) is 11.7 Å². The first-order valence-electron chi connectivity index (χ1n) is 5.86. The number of carbonyl (C=O) groups is 1. The minimum absolute atomic E-state index is 0.0727. The largest absolute Gasteiger partial charge is 0.339 e. The molecule has 0 spiro atoms. The van der Waals surface area contributed by atoms with Crippen molar-refractivity contribution >= 4 is 5.91 Å². The highest BCUT2D eigenvalue weighted by Gasteiger charge is 2.44. The Labute approximate surface area is 99.7 Å². The van der Waals surface area contributed by atoms with Gasteiger partial charge < -0.3 is 11.1 Å². The number of hydrogen-bond acceptors (Lipinski definition) is 4. The van der Waals surface area contributed by atoms with Crippen molar-refractivity contribution in [1.82, 2.24) is 16.2 Å². The zero-order valence-electron chi connectivity index (χ0n) is 9.39. The summed E-state index contributed by atoms with van der Waals surface area (Å²) in [7, 11) is 0. The quantitative estimate of drug-likeness (QED) is 0.532. The Bertz CT molecular complexity index is 422. The molecular formula is C12H16N4O. The van der Waals surface area contributed by atoms with Crippen LogP contribution in [-0.2, 0) is 4.79 Å². The first kappa shape index (κ1) is 10.7. The number of rotatable bonds is 1. The standard InChI is InChI=1S/C12H16N4O/c13-11-10-8(7-4-2-1-3-5-7)6-9(17)14-12(10)16-15-11/h1-5,8,10-12,15-16H,6,13H2,(H,14,17). The third-order valence-corrected chi connectivity index (χ3v) is 3.62. The first-order valence-corrected chi connectivity index (χ1v) is 5.86. The first-order chi connectivity index (χ1) is 8.25. The monoisotopic (exact) mass is 232 g/mol. The number of nitrogens with one attached hydrogen (secondary N) is 3. The van der Waals surface area contributed by atoms with Crippen LogP contribution in [0.5, 0.6) is 0 Å². The molecule has 90 valence electrons. The number of fused-ring (bicyclic) bond motifs is 1. The highest BCUT2D eigenvalue weighted by molar-refractivity contribution is 5.78. The third-order valence-electron chi connectivity index (χ3n) is 3.62. The highest BCUT2D eigenvalue weighted by Crippen LogP contribution is 2.35. The van der Waals surface area contributed by atoms with Crippen LogP contribution in [0.25, 0.3) is 0 Å². The fourth-order valence-electron chi connectivity index (χ4n) is 2.81. The third kappa shape index (κ3) is 1.82. The van der Waals surface area contributed by atoms with E-state index in [0.29, 0.717) is 6.42 Å². The van der Waals surface area contributed by atoms with E-state index in [4.69, 9.17) is 5.73 Å². The Kier molecular flexibility index (Phi) is 2.58. The molecule has 5 heteroatoms. The van der Waals surface area contributed by atoms with Crippen molar-refractivity contribution in [3.8, 4) is 0 Å². The zero-order chi connectivity index (χ0) is 11.8. The number of amides is 1. The second kappa shape index (κ2) is 4.10. The van der Waals surface area contributed by atoms with Gasteiger partial charge in [0, 0.05) is 18.3 Å². The fraction of sp³-hybridized carbons (Fsp3) is 0.417. The molecule has 4 atom stereocenters. The molecule has 4 unspecified atom stereocenters. The second-order valence-corrected chi connectivity index (χ2v) is 4.66. The summed E-state index contributed by atoms with van der Waals surface area (Å²) in [5, 5.41) is 2.92. The van der Waals surface area contributed by atoms with E-state index >= 15 is 0 Å². The smallest absolute Gasteiger partial charge is 0.221 e. The van der Waals surface area contributed by atoms with E-state index in [9.17, 15) is 4.79 Å². The summed E-state index contributed by atoms with van der Waals surface area (Å²) in [6.45, 7) is 0. The molecule has 2 aliphatic rings. The summed E-state index contributed by atoms with van der Waals surface area (Å²) in [6.07, 6.45) is 0.296. The fourth-order valence-corrected chi connectivity index (χ4v) is 2.81. The number of nitrogens with two attached hydrogens (primary N) is 1. The molecule has 0 bridgehead atoms. The van der Waals surface area contributed by atoms with E-state index in [2.05, 4.69) is 28.3 Å². The van der Waals surface area contributed by atoms with Gasteiger partial charge in [0.1, 0.15) is 0 Å². The van der Waals surface area contributed by atoms with Crippen LogP contribution in [0.3, 0.4) is 0 Å². The predicted octanol–water partition coefficient (Wildman–Crippen LogP) is -0.375. The van der Waals surface area contributed by atoms with Gasteiger partial charge in [0.2, 0.25) is 5.91 Å². The SMILES string of the molecule is NC1NNC2NC(=O)CC(c3ccccc3)C12. The molecule has 1 aromatic rings. The number of carbonyl (C=O) groups excluding carboxylic acids is 1. The summed E-state index contributed by atoms with van der Waals surface area (Å²) in [5.41, 5.74) is 13.2. The number of hydrazine groups is 1.